The predicted molar refractivity (Wildman–Crippen MR) is 124 cm³/mol. The lowest BCUT2D eigenvalue weighted by atomic mass is 10.0. The molecule has 2 aliphatic heterocycles. The van der Waals surface area contributed by atoms with E-state index in [2.05, 4.69) is 15.6 Å². The zero-order valence-corrected chi connectivity index (χ0v) is 18.5. The standard InChI is InChI=1S/C24H27N5O4/c1-15(12-16-6-7-20-21(13-16)33-24(32)27-20)25-22(30)28-10-8-18(9-11-28)29-14-17-4-2-3-5-19(17)26-23(29)31/h2-7,13,15,18H,8-12,14H2,1H3,(H,25,30)(H,26,31)(H,27,32). The molecule has 2 aliphatic rings. The molecule has 0 bridgehead atoms. The van der Waals surface area contributed by atoms with Crippen molar-refractivity contribution in [1.29, 1.82) is 0 Å². The van der Waals surface area contributed by atoms with E-state index in [1.807, 2.05) is 59.2 Å². The number of hydrogen-bond acceptors (Lipinski definition) is 4. The van der Waals surface area contributed by atoms with Crippen molar-refractivity contribution < 1.29 is 14.0 Å². The fourth-order valence-corrected chi connectivity index (χ4v) is 4.72. The van der Waals surface area contributed by atoms with E-state index in [1.54, 1.807) is 0 Å². The van der Waals surface area contributed by atoms with Crippen LogP contribution in [0.2, 0.25) is 0 Å². The van der Waals surface area contributed by atoms with Crippen LogP contribution in [0.3, 0.4) is 0 Å². The van der Waals surface area contributed by atoms with Crippen molar-refractivity contribution in [2.75, 3.05) is 18.4 Å². The fourth-order valence-electron chi connectivity index (χ4n) is 4.72. The number of hydrogen-bond donors (Lipinski definition) is 3. The summed E-state index contributed by atoms with van der Waals surface area (Å²) in [6.07, 6.45) is 2.13. The average molecular weight is 450 g/mol. The Morgan fingerprint density at radius 2 is 1.97 bits per heavy atom. The maximum atomic E-state index is 12.8. The summed E-state index contributed by atoms with van der Waals surface area (Å²) in [4.78, 5) is 43.0. The van der Waals surface area contributed by atoms with Gasteiger partial charge in [-0.3, -0.25) is 4.98 Å². The monoisotopic (exact) mass is 449 g/mol. The number of para-hydroxylation sites is 1. The molecule has 0 spiro atoms. The lowest BCUT2D eigenvalue weighted by Crippen LogP contribution is -2.53. The molecule has 0 aliphatic carbocycles. The minimum Gasteiger partial charge on any atom is -0.408 e. The predicted octanol–water partition coefficient (Wildman–Crippen LogP) is 3.27. The first-order valence-electron chi connectivity index (χ1n) is 11.3. The van der Waals surface area contributed by atoms with Gasteiger partial charge in [0.1, 0.15) is 0 Å². The number of carbonyl (C=O) groups excluding carboxylic acids is 2. The molecule has 33 heavy (non-hydrogen) atoms. The molecule has 1 saturated heterocycles. The summed E-state index contributed by atoms with van der Waals surface area (Å²) in [7, 11) is 0. The van der Waals surface area contributed by atoms with Crippen LogP contribution in [0.25, 0.3) is 11.1 Å². The maximum absolute atomic E-state index is 12.8. The van der Waals surface area contributed by atoms with Gasteiger partial charge in [-0.05, 0) is 55.5 Å². The number of H-pyrrole nitrogens is 1. The van der Waals surface area contributed by atoms with Crippen molar-refractivity contribution in [2.45, 2.75) is 44.8 Å². The molecule has 5 rings (SSSR count). The first-order valence-corrected chi connectivity index (χ1v) is 11.3. The second kappa shape index (κ2) is 8.65. The van der Waals surface area contributed by atoms with Gasteiger partial charge in [0.05, 0.1) is 5.52 Å². The van der Waals surface area contributed by atoms with E-state index < -0.39 is 5.76 Å². The number of amides is 4. The van der Waals surface area contributed by atoms with Crippen molar-refractivity contribution in [2.24, 2.45) is 0 Å². The lowest BCUT2D eigenvalue weighted by molar-refractivity contribution is 0.127. The van der Waals surface area contributed by atoms with Crippen LogP contribution < -0.4 is 16.4 Å². The Kier molecular flexibility index (Phi) is 5.53. The highest BCUT2D eigenvalue weighted by Crippen LogP contribution is 2.27. The highest BCUT2D eigenvalue weighted by Gasteiger charge is 2.32. The van der Waals surface area contributed by atoms with E-state index in [9.17, 15) is 14.4 Å². The van der Waals surface area contributed by atoms with Crippen molar-refractivity contribution in [3.8, 4) is 0 Å². The van der Waals surface area contributed by atoms with E-state index in [4.69, 9.17) is 4.42 Å². The van der Waals surface area contributed by atoms with Crippen LogP contribution in [-0.4, -0.2) is 52.0 Å². The number of anilines is 1. The molecule has 0 radical (unpaired) electrons. The number of aromatic amines is 1. The van der Waals surface area contributed by atoms with Crippen LogP contribution in [-0.2, 0) is 13.0 Å². The molecule has 9 nitrogen and oxygen atoms in total. The Bertz CT molecular complexity index is 1240. The van der Waals surface area contributed by atoms with Crippen LogP contribution in [0, 0.1) is 0 Å². The third kappa shape index (κ3) is 4.44. The second-order valence-electron chi connectivity index (χ2n) is 8.83. The SMILES string of the molecule is CC(Cc1ccc2[nH]c(=O)oc2c1)NC(=O)N1CCC(N2Cc3ccccc3NC2=O)CC1. The average Bonchev–Trinajstić information content (AvgIpc) is 3.18. The molecule has 4 amide bonds. The number of rotatable bonds is 4. The molecule has 0 saturated carbocycles. The molecule has 3 heterocycles. The molecular formula is C24H27N5O4. The minimum absolute atomic E-state index is 0.0690. The van der Waals surface area contributed by atoms with Gasteiger partial charge < -0.3 is 24.9 Å². The van der Waals surface area contributed by atoms with Crippen LogP contribution in [0.4, 0.5) is 15.3 Å². The van der Waals surface area contributed by atoms with Gasteiger partial charge in [-0.1, -0.05) is 24.3 Å². The first-order chi connectivity index (χ1) is 16.0. The Morgan fingerprint density at radius 1 is 1.18 bits per heavy atom. The molecule has 1 fully saturated rings. The highest BCUT2D eigenvalue weighted by atomic mass is 16.4. The van der Waals surface area contributed by atoms with Crippen LogP contribution in [0.15, 0.2) is 51.7 Å². The third-order valence-corrected chi connectivity index (χ3v) is 6.45. The Morgan fingerprint density at radius 3 is 2.79 bits per heavy atom. The summed E-state index contributed by atoms with van der Waals surface area (Å²) >= 11 is 0. The number of benzene rings is 2. The number of oxazole rings is 1. The zero-order chi connectivity index (χ0) is 22.9. The number of likely N-dealkylation sites (tertiary alicyclic amines) is 1. The zero-order valence-electron chi connectivity index (χ0n) is 18.5. The molecule has 3 aromatic rings. The highest BCUT2D eigenvalue weighted by molar-refractivity contribution is 5.92. The van der Waals surface area contributed by atoms with E-state index >= 15 is 0 Å². The van der Waals surface area contributed by atoms with Crippen molar-refractivity contribution in [3.63, 3.8) is 0 Å². The molecule has 9 heteroatoms. The Balaban J connectivity index is 1.13. The largest absolute Gasteiger partial charge is 0.417 e. The number of fused-ring (bicyclic) bond motifs is 2. The number of nitrogens with one attached hydrogen (secondary N) is 3. The summed E-state index contributed by atoms with van der Waals surface area (Å²) < 4.78 is 5.11. The Labute approximate surface area is 190 Å². The third-order valence-electron chi connectivity index (χ3n) is 6.45. The number of piperidine rings is 1. The van der Waals surface area contributed by atoms with Crippen LogP contribution >= 0.6 is 0 Å². The van der Waals surface area contributed by atoms with E-state index in [0.717, 1.165) is 29.7 Å². The maximum Gasteiger partial charge on any atom is 0.417 e. The van der Waals surface area contributed by atoms with Gasteiger partial charge in [-0.25, -0.2) is 14.4 Å². The summed E-state index contributed by atoms with van der Waals surface area (Å²) in [5.74, 6) is -0.474. The van der Waals surface area contributed by atoms with Crippen LogP contribution in [0.1, 0.15) is 30.9 Å². The van der Waals surface area contributed by atoms with Crippen molar-refractivity contribution in [3.05, 3.63) is 64.1 Å². The summed E-state index contributed by atoms with van der Waals surface area (Å²) in [5, 5.41) is 6.03. The van der Waals surface area contributed by atoms with E-state index in [-0.39, 0.29) is 24.1 Å². The molecular weight excluding hydrogens is 422 g/mol. The van der Waals surface area contributed by atoms with Crippen LogP contribution in [0.5, 0.6) is 0 Å². The lowest BCUT2D eigenvalue weighted by Gasteiger charge is -2.40. The number of urea groups is 2. The second-order valence-corrected chi connectivity index (χ2v) is 8.83. The molecule has 1 aromatic heterocycles. The summed E-state index contributed by atoms with van der Waals surface area (Å²) in [6.45, 7) is 3.77. The van der Waals surface area contributed by atoms with Gasteiger partial charge in [-0.2, -0.15) is 0 Å². The quantitative estimate of drug-likeness (QED) is 0.568. The first kappa shape index (κ1) is 21.1. The Hall–Kier alpha value is -3.75. The van der Waals surface area contributed by atoms with Crippen molar-refractivity contribution >= 4 is 28.8 Å². The van der Waals surface area contributed by atoms with Gasteiger partial charge in [-0.15, -0.1) is 0 Å². The molecule has 3 N–H and O–H groups in total. The number of aromatic nitrogens is 1. The van der Waals surface area contributed by atoms with Crippen molar-refractivity contribution in [1.82, 2.24) is 20.1 Å². The van der Waals surface area contributed by atoms with Gasteiger partial charge in [0.2, 0.25) is 0 Å². The smallest absolute Gasteiger partial charge is 0.408 e. The number of carbonyl (C=O) groups is 2. The van der Waals surface area contributed by atoms with Gasteiger partial charge in [0.15, 0.2) is 5.58 Å². The van der Waals surface area contributed by atoms with Gasteiger partial charge in [0.25, 0.3) is 0 Å². The normalized spacial score (nSPS) is 17.5. The molecule has 1 atom stereocenters. The summed E-state index contributed by atoms with van der Waals surface area (Å²) in [6, 6.07) is 13.3. The van der Waals surface area contributed by atoms with Gasteiger partial charge in [0, 0.05) is 37.4 Å². The molecule has 172 valence electrons. The van der Waals surface area contributed by atoms with Gasteiger partial charge >= 0.3 is 17.8 Å². The summed E-state index contributed by atoms with van der Waals surface area (Å²) in [5.41, 5.74) is 4.15. The molecule has 2 aromatic carbocycles. The fraction of sp³-hybridized carbons (Fsp3) is 0.375. The van der Waals surface area contributed by atoms with E-state index in [0.29, 0.717) is 37.2 Å². The van der Waals surface area contributed by atoms with E-state index in [1.165, 1.54) is 0 Å². The topological polar surface area (TPSA) is 111 Å². The number of nitrogens with zero attached hydrogens (tertiary/aromatic N) is 2. The molecule has 1 unspecified atom stereocenters. The minimum atomic E-state index is -0.474.